The molecule has 6 nitrogen and oxygen atoms in total. The molecule has 118 valence electrons. The average molecular weight is 342 g/mol. The van der Waals surface area contributed by atoms with E-state index in [1.54, 1.807) is 24.3 Å². The number of anilines is 1. The van der Waals surface area contributed by atoms with E-state index in [1.165, 1.54) is 25.4 Å². The second-order valence-electron chi connectivity index (χ2n) is 4.50. The molecule has 2 aromatic rings. The lowest BCUT2D eigenvalue weighted by Gasteiger charge is -2.14. The number of halogens is 1. The van der Waals surface area contributed by atoms with Crippen LogP contribution in [0.5, 0.6) is 0 Å². The molecule has 1 atom stereocenters. The quantitative estimate of drug-likeness (QED) is 0.745. The van der Waals surface area contributed by atoms with Crippen LogP contribution < -0.4 is 10.0 Å². The normalized spacial score (nSPS) is 12.9. The second-order valence-corrected chi connectivity index (χ2v) is 6.80. The van der Waals surface area contributed by atoms with E-state index in [0.717, 1.165) is 0 Å². The minimum atomic E-state index is -3.50. The molecule has 0 amide bonds. The van der Waals surface area contributed by atoms with E-state index in [-0.39, 0.29) is 11.4 Å². The molecule has 22 heavy (non-hydrogen) atoms. The molecule has 0 spiro atoms. The molecule has 0 aliphatic heterocycles. The summed E-state index contributed by atoms with van der Waals surface area (Å²) in [6.07, 6.45) is 0.451. The first-order valence-corrected chi connectivity index (χ1v) is 8.36. The van der Waals surface area contributed by atoms with Gasteiger partial charge in [-0.05, 0) is 25.2 Å². The van der Waals surface area contributed by atoms with Crippen LogP contribution in [0.3, 0.4) is 0 Å². The summed E-state index contributed by atoms with van der Waals surface area (Å²) >= 11 is 6.01. The predicted molar refractivity (Wildman–Crippen MR) is 85.4 cm³/mol. The van der Waals surface area contributed by atoms with Crippen molar-refractivity contribution in [3.05, 3.63) is 53.2 Å². The molecule has 3 N–H and O–H groups in total. The molecule has 1 unspecified atom stereocenters. The summed E-state index contributed by atoms with van der Waals surface area (Å²) in [5.74, 6) is 0.459. The summed E-state index contributed by atoms with van der Waals surface area (Å²) in [7, 11) is -2.17. The SMILES string of the molecule is CNS(=O)(=O)c1ccc(NCC(O)c2ccccc2Cl)nc1. The lowest BCUT2D eigenvalue weighted by Crippen LogP contribution is -2.19. The summed E-state index contributed by atoms with van der Waals surface area (Å²) in [5, 5.41) is 13.5. The van der Waals surface area contributed by atoms with Crippen molar-refractivity contribution in [2.45, 2.75) is 11.0 Å². The molecule has 0 saturated heterocycles. The number of rotatable bonds is 6. The summed E-state index contributed by atoms with van der Waals surface area (Å²) in [4.78, 5) is 4.08. The molecule has 0 aliphatic carbocycles. The smallest absolute Gasteiger partial charge is 0.241 e. The van der Waals surface area contributed by atoms with Crippen molar-refractivity contribution in [1.82, 2.24) is 9.71 Å². The zero-order valence-electron chi connectivity index (χ0n) is 11.8. The number of nitrogens with one attached hydrogen (secondary N) is 2. The van der Waals surface area contributed by atoms with Crippen molar-refractivity contribution < 1.29 is 13.5 Å². The van der Waals surface area contributed by atoms with Gasteiger partial charge >= 0.3 is 0 Å². The summed E-state index contributed by atoms with van der Waals surface area (Å²) < 4.78 is 25.4. The van der Waals surface area contributed by atoms with Gasteiger partial charge in [-0.15, -0.1) is 0 Å². The van der Waals surface area contributed by atoms with Gasteiger partial charge in [0.25, 0.3) is 0 Å². The Morgan fingerprint density at radius 1 is 1.27 bits per heavy atom. The Morgan fingerprint density at radius 2 is 2.00 bits per heavy atom. The Balaban J connectivity index is 2.02. The first-order chi connectivity index (χ1) is 10.4. The van der Waals surface area contributed by atoms with Crippen molar-refractivity contribution in [1.29, 1.82) is 0 Å². The Kier molecular flexibility index (Phi) is 5.36. The van der Waals surface area contributed by atoms with Crippen LogP contribution in [-0.2, 0) is 10.0 Å². The second kappa shape index (κ2) is 7.06. The molecule has 0 radical (unpaired) electrons. The highest BCUT2D eigenvalue weighted by Crippen LogP contribution is 2.22. The molecule has 8 heteroatoms. The molecular weight excluding hydrogens is 326 g/mol. The first kappa shape index (κ1) is 16.7. The molecule has 1 heterocycles. The van der Waals surface area contributed by atoms with E-state index >= 15 is 0 Å². The maximum atomic E-state index is 11.6. The highest BCUT2D eigenvalue weighted by molar-refractivity contribution is 7.89. The third kappa shape index (κ3) is 3.95. The topological polar surface area (TPSA) is 91.3 Å². The van der Waals surface area contributed by atoms with Crippen LogP contribution in [0.25, 0.3) is 0 Å². The van der Waals surface area contributed by atoms with Crippen LogP contribution in [-0.4, -0.2) is 32.1 Å². The van der Waals surface area contributed by atoms with E-state index < -0.39 is 16.1 Å². The Hall–Kier alpha value is -1.67. The molecule has 0 fully saturated rings. The van der Waals surface area contributed by atoms with Gasteiger partial charge in [-0.2, -0.15) is 0 Å². The van der Waals surface area contributed by atoms with E-state index in [9.17, 15) is 13.5 Å². The maximum absolute atomic E-state index is 11.6. The van der Waals surface area contributed by atoms with Gasteiger partial charge in [0.15, 0.2) is 0 Å². The van der Waals surface area contributed by atoms with Crippen LogP contribution in [0.2, 0.25) is 5.02 Å². The average Bonchev–Trinajstić information content (AvgIpc) is 2.53. The van der Waals surface area contributed by atoms with Crippen LogP contribution in [0, 0.1) is 0 Å². The highest BCUT2D eigenvalue weighted by atomic mass is 35.5. The molecular formula is C14H16ClN3O3S. The van der Waals surface area contributed by atoms with Crippen LogP contribution in [0.1, 0.15) is 11.7 Å². The number of aliphatic hydroxyl groups is 1. The van der Waals surface area contributed by atoms with Crippen molar-refractivity contribution in [2.75, 3.05) is 18.9 Å². The van der Waals surface area contributed by atoms with Gasteiger partial charge in [0.1, 0.15) is 10.7 Å². The van der Waals surface area contributed by atoms with Crippen LogP contribution >= 0.6 is 11.6 Å². The highest BCUT2D eigenvalue weighted by Gasteiger charge is 2.13. The van der Waals surface area contributed by atoms with Gasteiger partial charge in [-0.3, -0.25) is 0 Å². The molecule has 0 bridgehead atoms. The lowest BCUT2D eigenvalue weighted by molar-refractivity contribution is 0.191. The summed E-state index contributed by atoms with van der Waals surface area (Å²) in [6, 6.07) is 9.99. The third-order valence-electron chi connectivity index (χ3n) is 3.06. The standard InChI is InChI=1S/C14H16ClN3O3S/c1-16-22(20,21)10-6-7-14(17-8-10)18-9-13(19)11-4-2-3-5-12(11)15/h2-8,13,16,19H,9H2,1H3,(H,17,18). The van der Waals surface area contributed by atoms with Crippen molar-refractivity contribution in [3.8, 4) is 0 Å². The van der Waals surface area contributed by atoms with Gasteiger partial charge in [0.2, 0.25) is 10.0 Å². The first-order valence-electron chi connectivity index (χ1n) is 6.50. The number of hydrogen-bond acceptors (Lipinski definition) is 5. The Bertz CT molecular complexity index is 735. The number of hydrogen-bond donors (Lipinski definition) is 3. The molecule has 0 aliphatic rings. The van der Waals surface area contributed by atoms with E-state index in [2.05, 4.69) is 15.0 Å². The Labute approximate surface area is 134 Å². The predicted octanol–water partition coefficient (Wildman–Crippen LogP) is 1.79. The van der Waals surface area contributed by atoms with Crippen molar-refractivity contribution in [3.63, 3.8) is 0 Å². The minimum absolute atomic E-state index is 0.0761. The number of nitrogens with zero attached hydrogens (tertiary/aromatic N) is 1. The van der Waals surface area contributed by atoms with E-state index in [4.69, 9.17) is 11.6 Å². The Morgan fingerprint density at radius 3 is 2.59 bits per heavy atom. The maximum Gasteiger partial charge on any atom is 0.241 e. The monoisotopic (exact) mass is 341 g/mol. The zero-order chi connectivity index (χ0) is 16.2. The summed E-state index contributed by atoms with van der Waals surface area (Å²) in [5.41, 5.74) is 0.617. The number of pyridine rings is 1. The number of benzene rings is 1. The third-order valence-corrected chi connectivity index (χ3v) is 4.80. The summed E-state index contributed by atoms with van der Waals surface area (Å²) in [6.45, 7) is 0.203. The van der Waals surface area contributed by atoms with Gasteiger partial charge in [0.05, 0.1) is 6.10 Å². The number of aromatic nitrogens is 1. The lowest BCUT2D eigenvalue weighted by atomic mass is 10.1. The van der Waals surface area contributed by atoms with E-state index in [1.807, 2.05) is 0 Å². The van der Waals surface area contributed by atoms with Crippen LogP contribution in [0.4, 0.5) is 5.82 Å². The minimum Gasteiger partial charge on any atom is -0.387 e. The fraction of sp³-hybridized carbons (Fsp3) is 0.214. The van der Waals surface area contributed by atoms with Gasteiger partial charge in [-0.25, -0.2) is 18.1 Å². The molecule has 1 aromatic heterocycles. The number of sulfonamides is 1. The van der Waals surface area contributed by atoms with Gasteiger partial charge in [0, 0.05) is 23.3 Å². The fourth-order valence-corrected chi connectivity index (χ4v) is 2.75. The number of aliphatic hydroxyl groups excluding tert-OH is 1. The largest absolute Gasteiger partial charge is 0.387 e. The zero-order valence-corrected chi connectivity index (χ0v) is 13.4. The van der Waals surface area contributed by atoms with E-state index in [0.29, 0.717) is 16.4 Å². The van der Waals surface area contributed by atoms with Gasteiger partial charge in [-0.1, -0.05) is 29.8 Å². The van der Waals surface area contributed by atoms with Crippen molar-refractivity contribution >= 4 is 27.4 Å². The fourth-order valence-electron chi connectivity index (χ4n) is 1.82. The van der Waals surface area contributed by atoms with Crippen LogP contribution in [0.15, 0.2) is 47.5 Å². The van der Waals surface area contributed by atoms with Gasteiger partial charge < -0.3 is 10.4 Å². The van der Waals surface area contributed by atoms with Crippen molar-refractivity contribution in [2.24, 2.45) is 0 Å². The molecule has 1 aromatic carbocycles. The molecule has 0 saturated carbocycles. The molecule has 2 rings (SSSR count).